The molecule has 186 valence electrons. The van der Waals surface area contributed by atoms with Crippen molar-refractivity contribution in [2.24, 2.45) is 0 Å². The van der Waals surface area contributed by atoms with Crippen LogP contribution in [0.3, 0.4) is 0 Å². The number of aliphatic hydroxyl groups is 2. The maximum Gasteiger partial charge on any atom is 0.125 e. The predicted molar refractivity (Wildman–Crippen MR) is 142 cm³/mol. The minimum atomic E-state index is -0.610. The number of hydrogen-bond donors (Lipinski definition) is 2. The van der Waals surface area contributed by atoms with Crippen LogP contribution in [0.1, 0.15) is 34.8 Å². The van der Waals surface area contributed by atoms with Crippen molar-refractivity contribution in [1.29, 1.82) is 0 Å². The van der Waals surface area contributed by atoms with Crippen molar-refractivity contribution in [3.63, 3.8) is 0 Å². The third-order valence-electron chi connectivity index (χ3n) is 7.02. The Balaban J connectivity index is 1.25. The number of aliphatic hydroxyl groups excluding tert-OH is 2. The van der Waals surface area contributed by atoms with Gasteiger partial charge in [0.15, 0.2) is 0 Å². The lowest BCUT2D eigenvalue weighted by Gasteiger charge is -2.37. The third kappa shape index (κ3) is 6.85. The van der Waals surface area contributed by atoms with Crippen LogP contribution in [0.25, 0.3) is 0 Å². The van der Waals surface area contributed by atoms with Gasteiger partial charge in [-0.2, -0.15) is 0 Å². The first-order valence-corrected chi connectivity index (χ1v) is 12.7. The van der Waals surface area contributed by atoms with Gasteiger partial charge in [-0.15, -0.1) is 0 Å². The number of para-hydroxylation sites is 1. The molecule has 0 amide bonds. The fourth-order valence-corrected chi connectivity index (χ4v) is 4.78. The Morgan fingerprint density at radius 3 is 2.31 bits per heavy atom. The van der Waals surface area contributed by atoms with Gasteiger partial charge in [-0.1, -0.05) is 60.7 Å². The van der Waals surface area contributed by atoms with Gasteiger partial charge in [0.25, 0.3) is 0 Å². The molecular weight excluding hydrogens is 436 g/mol. The lowest BCUT2D eigenvalue weighted by molar-refractivity contribution is 0.0643. The van der Waals surface area contributed by atoms with Crippen LogP contribution < -0.4 is 9.64 Å². The van der Waals surface area contributed by atoms with Crippen molar-refractivity contribution in [1.82, 2.24) is 4.90 Å². The molecule has 1 fully saturated rings. The molecule has 2 N–H and O–H groups in total. The molecule has 0 aromatic heterocycles. The fourth-order valence-electron chi connectivity index (χ4n) is 4.78. The molecule has 0 aliphatic carbocycles. The second-order valence-electron chi connectivity index (χ2n) is 9.55. The molecule has 0 spiro atoms. The summed E-state index contributed by atoms with van der Waals surface area (Å²) in [6.45, 7) is 8.88. The zero-order chi connectivity index (χ0) is 24.6. The SMILES string of the molecule is Cc1cccc(N2CCN(C[C@@H](O)COc3ccccc3[C@@H](O)CCc3ccccc3)CC2)c1C. The first-order chi connectivity index (χ1) is 17.0. The molecule has 0 saturated carbocycles. The van der Waals surface area contributed by atoms with Crippen LogP contribution in [0.15, 0.2) is 72.8 Å². The number of benzene rings is 3. The van der Waals surface area contributed by atoms with Crippen molar-refractivity contribution >= 4 is 5.69 Å². The molecule has 1 aliphatic heterocycles. The summed E-state index contributed by atoms with van der Waals surface area (Å²) in [4.78, 5) is 4.74. The topological polar surface area (TPSA) is 56.2 Å². The molecule has 4 rings (SSSR count). The number of rotatable bonds is 10. The number of β-amino-alcohol motifs (C(OH)–C–C–N with tert-alkyl or cyclic N) is 1. The number of piperazine rings is 1. The molecule has 35 heavy (non-hydrogen) atoms. The standard InChI is InChI=1S/C30H38N2O3/c1-23-9-8-13-28(24(23)2)32-19-17-31(18-20-32)21-26(33)22-35-30-14-7-6-12-27(30)29(34)16-15-25-10-4-3-5-11-25/h3-14,26,29,33-34H,15-22H2,1-2H3/t26-,29+/m1/s1. The van der Waals surface area contributed by atoms with Gasteiger partial charge in [0.1, 0.15) is 18.5 Å². The second kappa shape index (κ2) is 12.2. The Kier molecular flexibility index (Phi) is 8.80. The smallest absolute Gasteiger partial charge is 0.125 e. The minimum absolute atomic E-state index is 0.208. The molecule has 0 radical (unpaired) electrons. The first-order valence-electron chi connectivity index (χ1n) is 12.7. The highest BCUT2D eigenvalue weighted by Gasteiger charge is 2.21. The highest BCUT2D eigenvalue weighted by atomic mass is 16.5. The highest BCUT2D eigenvalue weighted by molar-refractivity contribution is 5.56. The summed E-state index contributed by atoms with van der Waals surface area (Å²) in [7, 11) is 0. The van der Waals surface area contributed by atoms with Gasteiger partial charge in [-0.05, 0) is 55.5 Å². The Morgan fingerprint density at radius 2 is 1.54 bits per heavy atom. The number of nitrogens with zero attached hydrogens (tertiary/aromatic N) is 2. The van der Waals surface area contributed by atoms with Crippen LogP contribution in [-0.2, 0) is 6.42 Å². The van der Waals surface area contributed by atoms with Gasteiger partial charge < -0.3 is 19.8 Å². The van der Waals surface area contributed by atoms with Crippen LogP contribution in [0.4, 0.5) is 5.69 Å². The average molecular weight is 475 g/mol. The van der Waals surface area contributed by atoms with Crippen molar-refractivity contribution < 1.29 is 14.9 Å². The first kappa shape index (κ1) is 25.2. The van der Waals surface area contributed by atoms with E-state index in [0.29, 0.717) is 18.7 Å². The van der Waals surface area contributed by atoms with E-state index in [1.54, 1.807) is 0 Å². The van der Waals surface area contributed by atoms with Crippen molar-refractivity contribution in [2.75, 3.05) is 44.2 Å². The molecule has 5 nitrogen and oxygen atoms in total. The summed E-state index contributed by atoms with van der Waals surface area (Å²) in [5.74, 6) is 0.645. The molecular formula is C30H38N2O3. The zero-order valence-corrected chi connectivity index (χ0v) is 20.9. The quantitative estimate of drug-likeness (QED) is 0.452. The third-order valence-corrected chi connectivity index (χ3v) is 7.02. The van der Waals surface area contributed by atoms with Gasteiger partial charge in [0.2, 0.25) is 0 Å². The molecule has 2 atom stereocenters. The monoisotopic (exact) mass is 474 g/mol. The lowest BCUT2D eigenvalue weighted by Crippen LogP contribution is -2.49. The summed E-state index contributed by atoms with van der Waals surface area (Å²) in [6.07, 6.45) is 0.225. The number of anilines is 1. The summed E-state index contributed by atoms with van der Waals surface area (Å²) in [5, 5.41) is 21.5. The average Bonchev–Trinajstić information content (AvgIpc) is 2.89. The Labute approximate surface area is 209 Å². The molecule has 0 unspecified atom stereocenters. The molecule has 1 saturated heterocycles. The molecule has 3 aromatic carbocycles. The van der Waals surface area contributed by atoms with Crippen molar-refractivity contribution in [3.05, 3.63) is 95.1 Å². The molecule has 0 bridgehead atoms. The van der Waals surface area contributed by atoms with E-state index in [1.807, 2.05) is 42.5 Å². The van der Waals surface area contributed by atoms with E-state index in [4.69, 9.17) is 4.74 Å². The van der Waals surface area contributed by atoms with E-state index in [2.05, 4.69) is 54.0 Å². The fraction of sp³-hybridized carbons (Fsp3) is 0.400. The second-order valence-corrected chi connectivity index (χ2v) is 9.55. The van der Waals surface area contributed by atoms with E-state index in [-0.39, 0.29) is 6.61 Å². The number of hydrogen-bond acceptors (Lipinski definition) is 5. The molecule has 1 aliphatic rings. The summed E-state index contributed by atoms with van der Waals surface area (Å²) < 4.78 is 5.99. The molecule has 5 heteroatoms. The minimum Gasteiger partial charge on any atom is -0.490 e. The van der Waals surface area contributed by atoms with Crippen LogP contribution in [-0.4, -0.2) is 60.5 Å². The van der Waals surface area contributed by atoms with Gasteiger partial charge in [0, 0.05) is 44.0 Å². The summed E-state index contributed by atoms with van der Waals surface area (Å²) in [6, 6.07) is 24.3. The summed E-state index contributed by atoms with van der Waals surface area (Å²) in [5.41, 5.74) is 5.97. The Hall–Kier alpha value is -2.86. The maximum absolute atomic E-state index is 10.8. The molecule has 1 heterocycles. The van der Waals surface area contributed by atoms with Crippen LogP contribution in [0.5, 0.6) is 5.75 Å². The van der Waals surface area contributed by atoms with Gasteiger partial charge >= 0.3 is 0 Å². The summed E-state index contributed by atoms with van der Waals surface area (Å²) >= 11 is 0. The van der Waals surface area contributed by atoms with E-state index in [9.17, 15) is 10.2 Å². The highest BCUT2D eigenvalue weighted by Crippen LogP contribution is 2.28. The zero-order valence-electron chi connectivity index (χ0n) is 20.9. The Bertz CT molecular complexity index is 1060. The largest absolute Gasteiger partial charge is 0.490 e. The van der Waals surface area contributed by atoms with E-state index >= 15 is 0 Å². The lowest BCUT2D eigenvalue weighted by atomic mass is 10.0. The van der Waals surface area contributed by atoms with Crippen LogP contribution in [0.2, 0.25) is 0 Å². The van der Waals surface area contributed by atoms with E-state index < -0.39 is 12.2 Å². The number of ether oxygens (including phenoxy) is 1. The normalized spacial score (nSPS) is 16.2. The maximum atomic E-state index is 10.8. The molecule has 3 aromatic rings. The van der Waals surface area contributed by atoms with E-state index in [0.717, 1.165) is 38.2 Å². The van der Waals surface area contributed by atoms with E-state index in [1.165, 1.54) is 22.4 Å². The van der Waals surface area contributed by atoms with Crippen LogP contribution >= 0.6 is 0 Å². The Morgan fingerprint density at radius 1 is 0.829 bits per heavy atom. The van der Waals surface area contributed by atoms with Gasteiger partial charge in [0.05, 0.1) is 6.10 Å². The van der Waals surface area contributed by atoms with Crippen molar-refractivity contribution in [2.45, 2.75) is 38.9 Å². The predicted octanol–water partition coefficient (Wildman–Crippen LogP) is 4.53. The van der Waals surface area contributed by atoms with Gasteiger partial charge in [-0.25, -0.2) is 0 Å². The van der Waals surface area contributed by atoms with Crippen molar-refractivity contribution in [3.8, 4) is 5.75 Å². The van der Waals surface area contributed by atoms with Crippen LogP contribution in [0, 0.1) is 13.8 Å². The van der Waals surface area contributed by atoms with Gasteiger partial charge in [-0.3, -0.25) is 4.90 Å². The number of aryl methyl sites for hydroxylation is 2.